The largest absolute Gasteiger partial charge is 0.352 e. The molecule has 1 aromatic rings. The Morgan fingerprint density at radius 2 is 2.08 bits per heavy atom. The van der Waals surface area contributed by atoms with Gasteiger partial charge in [-0.2, -0.15) is 0 Å². The zero-order valence-electron chi connectivity index (χ0n) is 14.9. The molecule has 2 heterocycles. The average Bonchev–Trinajstić information content (AvgIpc) is 3.28. The Morgan fingerprint density at radius 3 is 2.62 bits per heavy atom. The van der Waals surface area contributed by atoms with Crippen LogP contribution < -0.4 is 11.1 Å². The predicted molar refractivity (Wildman–Crippen MR) is 103 cm³/mol. The Kier molecular flexibility index (Phi) is 7.98. The SMILES string of the molecule is CCC(N)(CC)CNC(=O)C1CCCN1C(=O)c1ccc([N+](=O)[O-])s1.Cl. The zero-order chi connectivity index (χ0) is 18.6. The lowest BCUT2D eigenvalue weighted by Crippen LogP contribution is -2.53. The van der Waals surface area contributed by atoms with E-state index in [9.17, 15) is 19.7 Å². The molecular weight excluding hydrogens is 380 g/mol. The molecule has 26 heavy (non-hydrogen) atoms. The van der Waals surface area contributed by atoms with Crippen LogP contribution in [-0.4, -0.2) is 46.3 Å². The second kappa shape index (κ2) is 9.29. The van der Waals surface area contributed by atoms with Gasteiger partial charge >= 0.3 is 5.00 Å². The maximum Gasteiger partial charge on any atom is 0.324 e. The van der Waals surface area contributed by atoms with Crippen LogP contribution in [0, 0.1) is 10.1 Å². The summed E-state index contributed by atoms with van der Waals surface area (Å²) in [6.45, 7) is 4.79. The van der Waals surface area contributed by atoms with Gasteiger partial charge < -0.3 is 16.0 Å². The molecule has 1 aliphatic heterocycles. The topological polar surface area (TPSA) is 119 Å². The van der Waals surface area contributed by atoms with Crippen LogP contribution in [0.2, 0.25) is 0 Å². The van der Waals surface area contributed by atoms with Gasteiger partial charge in [-0.3, -0.25) is 19.7 Å². The first-order chi connectivity index (χ1) is 11.8. The second-order valence-corrected chi connectivity index (χ2v) is 7.40. The normalized spacial score (nSPS) is 16.9. The molecule has 10 heteroatoms. The summed E-state index contributed by atoms with van der Waals surface area (Å²) in [5.41, 5.74) is 5.76. The van der Waals surface area contributed by atoms with E-state index in [1.165, 1.54) is 17.0 Å². The van der Waals surface area contributed by atoms with Crippen LogP contribution in [0.25, 0.3) is 0 Å². The summed E-state index contributed by atoms with van der Waals surface area (Å²) < 4.78 is 0. The quantitative estimate of drug-likeness (QED) is 0.534. The van der Waals surface area contributed by atoms with Crippen LogP contribution in [0.15, 0.2) is 12.1 Å². The third-order valence-electron chi connectivity index (χ3n) is 4.82. The molecule has 146 valence electrons. The molecule has 8 nitrogen and oxygen atoms in total. The lowest BCUT2D eigenvalue weighted by Gasteiger charge is -2.29. The van der Waals surface area contributed by atoms with E-state index in [-0.39, 0.29) is 34.1 Å². The van der Waals surface area contributed by atoms with Crippen molar-refractivity contribution < 1.29 is 14.5 Å². The lowest BCUT2D eigenvalue weighted by molar-refractivity contribution is -0.380. The number of carbonyl (C=O) groups is 2. The Bertz CT molecular complexity index is 662. The maximum atomic E-state index is 12.6. The van der Waals surface area contributed by atoms with Crippen LogP contribution in [0.4, 0.5) is 5.00 Å². The smallest absolute Gasteiger partial charge is 0.324 e. The number of thiophene rings is 1. The summed E-state index contributed by atoms with van der Waals surface area (Å²) >= 11 is 0.833. The second-order valence-electron chi connectivity index (χ2n) is 6.34. The van der Waals surface area contributed by atoms with Crippen molar-refractivity contribution in [2.24, 2.45) is 5.73 Å². The number of likely N-dealkylation sites (tertiary alicyclic amines) is 1. The number of nitrogens with one attached hydrogen (secondary N) is 1. The number of nitrogens with zero attached hydrogens (tertiary/aromatic N) is 2. The Hall–Kier alpha value is -1.71. The van der Waals surface area contributed by atoms with Gasteiger partial charge in [0.05, 0.1) is 9.80 Å². The number of nitrogens with two attached hydrogens (primary N) is 1. The van der Waals surface area contributed by atoms with E-state index in [0.717, 1.165) is 30.6 Å². The van der Waals surface area contributed by atoms with Gasteiger partial charge in [0.15, 0.2) is 0 Å². The van der Waals surface area contributed by atoms with Gasteiger partial charge in [0.1, 0.15) is 6.04 Å². The zero-order valence-corrected chi connectivity index (χ0v) is 16.5. The average molecular weight is 405 g/mol. The van der Waals surface area contributed by atoms with E-state index in [2.05, 4.69) is 5.32 Å². The summed E-state index contributed by atoms with van der Waals surface area (Å²) in [5, 5.41) is 13.6. The number of hydrogen-bond donors (Lipinski definition) is 2. The molecule has 0 saturated carbocycles. The van der Waals surface area contributed by atoms with Gasteiger partial charge in [-0.05, 0) is 31.7 Å². The summed E-state index contributed by atoms with van der Waals surface area (Å²) in [5.74, 6) is -0.547. The molecule has 1 fully saturated rings. The fourth-order valence-corrected chi connectivity index (χ4v) is 3.62. The Labute approximate surface area is 162 Å². The van der Waals surface area contributed by atoms with Crippen LogP contribution >= 0.6 is 23.7 Å². The van der Waals surface area contributed by atoms with Crippen molar-refractivity contribution in [3.63, 3.8) is 0 Å². The van der Waals surface area contributed by atoms with Gasteiger partial charge in [-0.15, -0.1) is 12.4 Å². The fourth-order valence-electron chi connectivity index (χ4n) is 2.85. The standard InChI is InChI=1S/C16H24N4O4S.ClH/c1-3-16(17,4-2)10-18-14(21)11-6-5-9-19(11)15(22)12-7-8-13(25-12)20(23)24;/h7-8,11H,3-6,9-10,17H2,1-2H3,(H,18,21);1H. The first kappa shape index (κ1) is 22.3. The maximum absolute atomic E-state index is 12.6. The molecule has 0 aliphatic carbocycles. The third kappa shape index (κ3) is 4.93. The van der Waals surface area contributed by atoms with Crippen LogP contribution in [0.5, 0.6) is 0 Å². The van der Waals surface area contributed by atoms with Crippen LogP contribution in [0.3, 0.4) is 0 Å². The molecule has 2 rings (SSSR count). The van der Waals surface area contributed by atoms with Gasteiger partial charge in [-0.25, -0.2) is 0 Å². The first-order valence-corrected chi connectivity index (χ1v) is 9.24. The molecule has 1 atom stereocenters. The van der Waals surface area contributed by atoms with E-state index in [0.29, 0.717) is 19.5 Å². The summed E-state index contributed by atoms with van der Waals surface area (Å²) in [6.07, 6.45) is 2.80. The monoisotopic (exact) mass is 404 g/mol. The molecule has 1 unspecified atom stereocenters. The van der Waals surface area contributed by atoms with Gasteiger partial charge in [0.2, 0.25) is 5.91 Å². The van der Waals surface area contributed by atoms with E-state index >= 15 is 0 Å². The molecule has 3 N–H and O–H groups in total. The number of halogens is 1. The van der Waals surface area contributed by atoms with Gasteiger partial charge in [0, 0.05) is 24.7 Å². The highest BCUT2D eigenvalue weighted by atomic mass is 35.5. The molecule has 0 radical (unpaired) electrons. The minimum atomic E-state index is -0.549. The van der Waals surface area contributed by atoms with E-state index in [4.69, 9.17) is 5.73 Å². The molecule has 0 spiro atoms. The molecule has 1 saturated heterocycles. The highest BCUT2D eigenvalue weighted by Gasteiger charge is 2.36. The molecular formula is C16H25ClN4O4S. The summed E-state index contributed by atoms with van der Waals surface area (Å²) in [4.78, 5) is 37.2. The fraction of sp³-hybridized carbons (Fsp3) is 0.625. The Morgan fingerprint density at radius 1 is 1.42 bits per heavy atom. The van der Waals surface area contributed by atoms with Crippen molar-refractivity contribution in [1.82, 2.24) is 10.2 Å². The number of amides is 2. The Balaban J connectivity index is 0.00000338. The number of carbonyl (C=O) groups excluding carboxylic acids is 2. The van der Waals surface area contributed by atoms with Crippen LogP contribution in [-0.2, 0) is 4.79 Å². The predicted octanol–water partition coefficient (Wildman–Crippen LogP) is 2.32. The molecule has 0 aromatic carbocycles. The first-order valence-electron chi connectivity index (χ1n) is 8.43. The molecule has 0 bridgehead atoms. The molecule has 2 amide bonds. The molecule has 1 aromatic heterocycles. The minimum absolute atomic E-state index is 0. The van der Waals surface area contributed by atoms with Crippen LogP contribution in [0.1, 0.15) is 49.2 Å². The summed E-state index contributed by atoms with van der Waals surface area (Å²) in [7, 11) is 0. The lowest BCUT2D eigenvalue weighted by atomic mass is 9.94. The number of rotatable bonds is 7. The number of nitro groups is 1. The minimum Gasteiger partial charge on any atom is -0.352 e. The van der Waals surface area contributed by atoms with Crippen molar-refractivity contribution in [3.05, 3.63) is 27.1 Å². The van der Waals surface area contributed by atoms with Crippen molar-refractivity contribution in [2.45, 2.75) is 51.1 Å². The summed E-state index contributed by atoms with van der Waals surface area (Å²) in [6, 6.07) is 2.21. The highest BCUT2D eigenvalue weighted by molar-refractivity contribution is 7.17. The number of hydrogen-bond acceptors (Lipinski definition) is 6. The van der Waals surface area contributed by atoms with Crippen molar-refractivity contribution in [1.29, 1.82) is 0 Å². The molecule has 1 aliphatic rings. The highest BCUT2D eigenvalue weighted by Crippen LogP contribution is 2.28. The third-order valence-corrected chi connectivity index (χ3v) is 5.85. The van der Waals surface area contributed by atoms with E-state index in [1.54, 1.807) is 0 Å². The van der Waals surface area contributed by atoms with E-state index < -0.39 is 16.5 Å². The van der Waals surface area contributed by atoms with E-state index in [1.807, 2.05) is 13.8 Å². The van der Waals surface area contributed by atoms with Gasteiger partial charge in [-0.1, -0.05) is 25.2 Å². The van der Waals surface area contributed by atoms with Crippen molar-refractivity contribution in [2.75, 3.05) is 13.1 Å². The van der Waals surface area contributed by atoms with Gasteiger partial charge in [0.25, 0.3) is 5.91 Å². The van der Waals surface area contributed by atoms with Crippen molar-refractivity contribution in [3.8, 4) is 0 Å². The van der Waals surface area contributed by atoms with Crippen molar-refractivity contribution >= 4 is 40.6 Å².